The van der Waals surface area contributed by atoms with Crippen LogP contribution in [0.2, 0.25) is 0 Å². The van der Waals surface area contributed by atoms with E-state index < -0.39 is 0 Å². The molecule has 1 aromatic rings. The molecule has 0 aromatic heterocycles. The molecule has 0 spiro atoms. The number of fused-ring (bicyclic) bond motifs is 2. The van der Waals surface area contributed by atoms with Crippen molar-refractivity contribution in [1.82, 2.24) is 5.32 Å². The Morgan fingerprint density at radius 2 is 2.05 bits per heavy atom. The van der Waals surface area contributed by atoms with E-state index in [2.05, 4.69) is 36.5 Å². The van der Waals surface area contributed by atoms with Crippen LogP contribution in [0.4, 0.5) is 0 Å². The maximum absolute atomic E-state index is 6.20. The minimum atomic E-state index is 0.406. The Hall–Kier alpha value is -1.02. The molecule has 2 heteroatoms. The van der Waals surface area contributed by atoms with Gasteiger partial charge in [0.1, 0.15) is 11.9 Å². The topological polar surface area (TPSA) is 21.3 Å². The first-order valence-electron chi connectivity index (χ1n) is 8.23. The van der Waals surface area contributed by atoms with Crippen LogP contribution in [0.1, 0.15) is 38.2 Å². The lowest BCUT2D eigenvalue weighted by Gasteiger charge is -2.33. The zero-order chi connectivity index (χ0) is 13.6. The van der Waals surface area contributed by atoms with E-state index in [1.54, 1.807) is 0 Å². The molecular weight excluding hydrogens is 246 g/mol. The third-order valence-electron chi connectivity index (χ3n) is 5.58. The highest BCUT2D eigenvalue weighted by atomic mass is 16.5. The van der Waals surface area contributed by atoms with Crippen molar-refractivity contribution < 1.29 is 4.74 Å². The van der Waals surface area contributed by atoms with E-state index in [0.717, 1.165) is 30.6 Å². The zero-order valence-electron chi connectivity index (χ0n) is 12.4. The first-order chi connectivity index (χ1) is 9.78. The molecule has 1 aromatic carbocycles. The van der Waals surface area contributed by atoms with E-state index in [1.165, 1.54) is 37.8 Å². The maximum atomic E-state index is 6.20. The van der Waals surface area contributed by atoms with Gasteiger partial charge in [-0.15, -0.1) is 0 Å². The van der Waals surface area contributed by atoms with Gasteiger partial charge in [-0.2, -0.15) is 0 Å². The molecule has 108 valence electrons. The molecule has 2 nitrogen and oxygen atoms in total. The van der Waals surface area contributed by atoms with Crippen LogP contribution in [0.5, 0.6) is 5.75 Å². The summed E-state index contributed by atoms with van der Waals surface area (Å²) >= 11 is 0. The molecule has 3 atom stereocenters. The fourth-order valence-corrected chi connectivity index (χ4v) is 4.63. The van der Waals surface area contributed by atoms with Gasteiger partial charge in [0.05, 0.1) is 0 Å². The number of hydrogen-bond acceptors (Lipinski definition) is 2. The number of hydrogen-bond donors (Lipinski definition) is 1. The molecule has 1 heterocycles. The van der Waals surface area contributed by atoms with Gasteiger partial charge in [-0.25, -0.2) is 0 Å². The van der Waals surface area contributed by atoms with Crippen molar-refractivity contribution in [3.8, 4) is 5.75 Å². The Balaban J connectivity index is 1.44. The average molecular weight is 271 g/mol. The summed E-state index contributed by atoms with van der Waals surface area (Å²) in [7, 11) is 0. The van der Waals surface area contributed by atoms with Crippen molar-refractivity contribution in [2.75, 3.05) is 13.1 Å². The van der Waals surface area contributed by atoms with E-state index in [9.17, 15) is 0 Å². The van der Waals surface area contributed by atoms with Gasteiger partial charge in [0, 0.05) is 13.0 Å². The number of rotatable bonds is 5. The van der Waals surface area contributed by atoms with E-state index in [1.807, 2.05) is 0 Å². The standard InChI is InChI=1S/C18H25NO/c1-2-19-12-18(9-14-7-15(14)10-18)11-16-8-13-5-3-4-6-17(13)20-16/h3-6,14-16,19H,2,7-12H2,1H3. The highest BCUT2D eigenvalue weighted by molar-refractivity contribution is 5.37. The van der Waals surface area contributed by atoms with Gasteiger partial charge in [-0.3, -0.25) is 0 Å². The first kappa shape index (κ1) is 12.7. The molecule has 3 unspecified atom stereocenters. The average Bonchev–Trinajstić information content (AvgIpc) is 2.89. The largest absolute Gasteiger partial charge is 0.490 e. The predicted molar refractivity (Wildman–Crippen MR) is 81.0 cm³/mol. The van der Waals surface area contributed by atoms with Crippen LogP contribution in [-0.4, -0.2) is 19.2 Å². The smallest absolute Gasteiger partial charge is 0.123 e. The van der Waals surface area contributed by atoms with Gasteiger partial charge >= 0.3 is 0 Å². The second kappa shape index (κ2) is 4.77. The molecule has 2 aliphatic carbocycles. The summed E-state index contributed by atoms with van der Waals surface area (Å²) in [5, 5.41) is 3.61. The molecule has 0 saturated heterocycles. The van der Waals surface area contributed by atoms with Gasteiger partial charge in [-0.05, 0) is 61.1 Å². The molecule has 2 saturated carbocycles. The number of para-hydroxylation sites is 1. The predicted octanol–water partition coefficient (Wildman–Crippen LogP) is 3.41. The van der Waals surface area contributed by atoms with Crippen LogP contribution in [0.15, 0.2) is 24.3 Å². The van der Waals surface area contributed by atoms with Crippen LogP contribution in [0.25, 0.3) is 0 Å². The lowest BCUT2D eigenvalue weighted by Crippen LogP contribution is -2.37. The first-order valence-corrected chi connectivity index (χ1v) is 8.23. The van der Waals surface area contributed by atoms with Crippen LogP contribution in [0.3, 0.4) is 0 Å². The SMILES string of the molecule is CCNCC1(CC2Cc3ccccc3O2)CC2CC2C1. The summed E-state index contributed by atoms with van der Waals surface area (Å²) in [4.78, 5) is 0. The van der Waals surface area contributed by atoms with Gasteiger partial charge in [0.25, 0.3) is 0 Å². The molecule has 4 rings (SSSR count). The van der Waals surface area contributed by atoms with E-state index >= 15 is 0 Å². The van der Waals surface area contributed by atoms with E-state index in [-0.39, 0.29) is 0 Å². The lowest BCUT2D eigenvalue weighted by atomic mass is 9.77. The second-order valence-electron chi connectivity index (χ2n) is 7.20. The van der Waals surface area contributed by atoms with Crippen LogP contribution in [-0.2, 0) is 6.42 Å². The van der Waals surface area contributed by atoms with Gasteiger partial charge < -0.3 is 10.1 Å². The van der Waals surface area contributed by atoms with Crippen molar-refractivity contribution in [2.24, 2.45) is 17.3 Å². The minimum Gasteiger partial charge on any atom is -0.490 e. The maximum Gasteiger partial charge on any atom is 0.123 e. The van der Waals surface area contributed by atoms with E-state index in [0.29, 0.717) is 11.5 Å². The van der Waals surface area contributed by atoms with Crippen LogP contribution in [0, 0.1) is 17.3 Å². The Morgan fingerprint density at radius 1 is 1.25 bits per heavy atom. The zero-order valence-corrected chi connectivity index (χ0v) is 12.4. The summed E-state index contributed by atoms with van der Waals surface area (Å²) in [5.41, 5.74) is 1.91. The molecule has 2 fully saturated rings. The molecule has 0 radical (unpaired) electrons. The lowest BCUT2D eigenvalue weighted by molar-refractivity contribution is 0.124. The molecule has 0 amide bonds. The van der Waals surface area contributed by atoms with Crippen molar-refractivity contribution in [3.05, 3.63) is 29.8 Å². The fourth-order valence-electron chi connectivity index (χ4n) is 4.63. The minimum absolute atomic E-state index is 0.406. The van der Waals surface area contributed by atoms with Gasteiger partial charge in [0.15, 0.2) is 0 Å². The molecule has 0 bridgehead atoms. The number of nitrogens with one attached hydrogen (secondary N) is 1. The third-order valence-corrected chi connectivity index (χ3v) is 5.58. The number of ether oxygens (including phenoxy) is 1. The summed E-state index contributed by atoms with van der Waals surface area (Å²) in [6.07, 6.45) is 7.12. The second-order valence-corrected chi connectivity index (χ2v) is 7.20. The molecule has 1 N–H and O–H groups in total. The van der Waals surface area contributed by atoms with Crippen molar-refractivity contribution in [1.29, 1.82) is 0 Å². The summed E-state index contributed by atoms with van der Waals surface area (Å²) in [5.74, 6) is 3.20. The Morgan fingerprint density at radius 3 is 2.80 bits per heavy atom. The van der Waals surface area contributed by atoms with Gasteiger partial charge in [-0.1, -0.05) is 25.1 Å². The highest BCUT2D eigenvalue weighted by Gasteiger charge is 2.54. The quantitative estimate of drug-likeness (QED) is 0.886. The highest BCUT2D eigenvalue weighted by Crippen LogP contribution is 2.61. The fraction of sp³-hybridized carbons (Fsp3) is 0.667. The summed E-state index contributed by atoms with van der Waals surface area (Å²) < 4.78 is 6.20. The van der Waals surface area contributed by atoms with Crippen molar-refractivity contribution in [2.45, 2.75) is 45.1 Å². The Kier molecular flexibility index (Phi) is 3.03. The third kappa shape index (κ3) is 2.24. The van der Waals surface area contributed by atoms with Gasteiger partial charge in [0.2, 0.25) is 0 Å². The molecular formula is C18H25NO. The Bertz CT molecular complexity index is 463. The molecule has 3 aliphatic rings. The van der Waals surface area contributed by atoms with Crippen molar-refractivity contribution in [3.63, 3.8) is 0 Å². The normalized spacial score (nSPS) is 37.4. The number of benzene rings is 1. The van der Waals surface area contributed by atoms with Crippen LogP contribution < -0.4 is 10.1 Å². The molecule has 1 aliphatic heterocycles. The van der Waals surface area contributed by atoms with Crippen molar-refractivity contribution >= 4 is 0 Å². The van der Waals surface area contributed by atoms with Crippen LogP contribution >= 0.6 is 0 Å². The van der Waals surface area contributed by atoms with E-state index in [4.69, 9.17) is 4.74 Å². The summed E-state index contributed by atoms with van der Waals surface area (Å²) in [6.45, 7) is 4.49. The Labute approximate surface area is 121 Å². The monoisotopic (exact) mass is 271 g/mol. The molecule has 20 heavy (non-hydrogen) atoms. The summed E-state index contributed by atoms with van der Waals surface area (Å²) in [6, 6.07) is 8.56.